The second-order valence-electron chi connectivity index (χ2n) is 9.00. The van der Waals surface area contributed by atoms with Crippen LogP contribution in [0, 0.1) is 0 Å². The molecule has 0 aliphatic rings. The third-order valence-corrected chi connectivity index (χ3v) is 5.50. The van der Waals surface area contributed by atoms with Crippen LogP contribution in [0.1, 0.15) is 78.1 Å². The minimum atomic E-state index is -8.97. The van der Waals surface area contributed by atoms with Crippen LogP contribution in [0.5, 0.6) is 0 Å². The molecular weight excluding hydrogens is 665 g/mol. The first-order valence-electron chi connectivity index (χ1n) is 12.1. The number of unbranched alkanes of at least 4 members (excludes halogenated alkanes) is 9. The van der Waals surface area contributed by atoms with Gasteiger partial charge in [-0.15, -0.1) is 4.90 Å². The van der Waals surface area contributed by atoms with Gasteiger partial charge < -0.3 is 0 Å². The van der Waals surface area contributed by atoms with Crippen molar-refractivity contribution in [3.8, 4) is 0 Å². The lowest BCUT2D eigenvalue weighted by molar-refractivity contribution is -0.521. The maximum atomic E-state index is 13.3. The molecule has 0 fully saturated rings. The molecule has 0 aliphatic carbocycles. The molecule has 0 N–H and O–H groups in total. The van der Waals surface area contributed by atoms with E-state index in [-0.39, 0.29) is 0 Å². The molecule has 0 aromatic rings. The summed E-state index contributed by atoms with van der Waals surface area (Å²) in [7, 11) is 0. The van der Waals surface area contributed by atoms with Crippen LogP contribution in [0.3, 0.4) is 0 Å². The SMILES string of the molecule is CCCCCCCCCCCC.FC(F)(F)C(F)(F)C(F)(F)N(C(F)(F)C(F)(F)C(F)(F)F)C(F)(F)C(F)(F)C(F)(F)F. The molecule has 0 unspecified atom stereocenters. The lowest BCUT2D eigenvalue weighted by Gasteiger charge is -2.47. The molecule has 0 aliphatic heterocycles. The van der Waals surface area contributed by atoms with Crippen LogP contribution < -0.4 is 0 Å². The van der Waals surface area contributed by atoms with Crippen LogP contribution in [0.15, 0.2) is 0 Å². The van der Waals surface area contributed by atoms with E-state index in [1.807, 2.05) is 0 Å². The summed E-state index contributed by atoms with van der Waals surface area (Å²) >= 11 is 0. The quantitative estimate of drug-likeness (QED) is 0.0939. The zero-order valence-corrected chi connectivity index (χ0v) is 22.0. The maximum absolute atomic E-state index is 13.3. The van der Waals surface area contributed by atoms with Gasteiger partial charge in [-0.05, 0) is 0 Å². The van der Waals surface area contributed by atoms with Crippen molar-refractivity contribution in [2.75, 3.05) is 0 Å². The average Bonchev–Trinajstić information content (AvgIpc) is 2.78. The van der Waals surface area contributed by atoms with E-state index >= 15 is 0 Å². The highest BCUT2D eigenvalue weighted by molar-refractivity contribution is 5.06. The second kappa shape index (κ2) is 14.7. The second-order valence-corrected chi connectivity index (χ2v) is 9.00. The first kappa shape index (κ1) is 43.6. The fourth-order valence-electron chi connectivity index (χ4n) is 3.02. The zero-order valence-electron chi connectivity index (χ0n) is 22.0. The van der Waals surface area contributed by atoms with Gasteiger partial charge in [0.05, 0.1) is 0 Å². The molecule has 0 bridgehead atoms. The van der Waals surface area contributed by atoms with Crippen LogP contribution in [0.2, 0.25) is 0 Å². The van der Waals surface area contributed by atoms with Crippen LogP contribution in [0.4, 0.5) is 92.2 Å². The highest BCUT2D eigenvalue weighted by atomic mass is 19.4. The van der Waals surface area contributed by atoms with E-state index in [0.717, 1.165) is 0 Å². The molecule has 0 rings (SSSR count). The fraction of sp³-hybridized carbons (Fsp3) is 1.00. The zero-order chi connectivity index (χ0) is 35.1. The van der Waals surface area contributed by atoms with Crippen LogP contribution in [-0.4, -0.2) is 59.3 Å². The summed E-state index contributed by atoms with van der Waals surface area (Å²) in [5.74, 6) is -25.8. The van der Waals surface area contributed by atoms with E-state index in [4.69, 9.17) is 0 Å². The van der Waals surface area contributed by atoms with Crippen molar-refractivity contribution in [1.82, 2.24) is 4.90 Å². The third kappa shape index (κ3) is 9.49. The van der Waals surface area contributed by atoms with Crippen molar-refractivity contribution >= 4 is 0 Å². The summed E-state index contributed by atoms with van der Waals surface area (Å²) in [6.07, 6.45) is -9.97. The van der Waals surface area contributed by atoms with Gasteiger partial charge in [-0.2, -0.15) is 92.2 Å². The lowest BCUT2D eigenvalue weighted by atomic mass is 10.1. The minimum Gasteiger partial charge on any atom is -0.187 e. The first-order valence-corrected chi connectivity index (χ1v) is 12.1. The van der Waals surface area contributed by atoms with E-state index in [1.165, 1.54) is 64.2 Å². The Kier molecular flexibility index (Phi) is 14.9. The Morgan fingerprint density at radius 2 is 0.465 bits per heavy atom. The minimum absolute atomic E-state index is 1.37. The first-order chi connectivity index (χ1) is 18.8. The number of hydrogen-bond donors (Lipinski definition) is 0. The Bertz CT molecular complexity index is 709. The Morgan fingerprint density at radius 1 is 0.302 bits per heavy atom. The molecule has 0 heterocycles. The molecule has 0 saturated heterocycles. The Hall–Kier alpha value is -1.51. The molecule has 22 heteroatoms. The normalized spacial score (nSPS) is 15.1. The molecule has 43 heavy (non-hydrogen) atoms. The predicted octanol–water partition coefficient (Wildman–Crippen LogP) is 11.6. The molecule has 0 radical (unpaired) electrons. The highest BCUT2D eigenvalue weighted by Crippen LogP contribution is 2.62. The molecule has 0 aromatic carbocycles. The molecule has 0 saturated carbocycles. The molecular formula is C21H26F21N. The van der Waals surface area contributed by atoms with Gasteiger partial charge in [0.25, 0.3) is 0 Å². The van der Waals surface area contributed by atoms with E-state index in [2.05, 4.69) is 13.8 Å². The van der Waals surface area contributed by atoms with Crippen LogP contribution in [-0.2, 0) is 0 Å². The van der Waals surface area contributed by atoms with Crippen molar-refractivity contribution in [1.29, 1.82) is 0 Å². The van der Waals surface area contributed by atoms with Gasteiger partial charge in [-0.3, -0.25) is 0 Å². The third-order valence-electron chi connectivity index (χ3n) is 5.50. The van der Waals surface area contributed by atoms with Gasteiger partial charge in [0.1, 0.15) is 0 Å². The van der Waals surface area contributed by atoms with Gasteiger partial charge in [0.15, 0.2) is 0 Å². The number of halogens is 21. The van der Waals surface area contributed by atoms with Crippen molar-refractivity contribution in [2.24, 2.45) is 0 Å². The summed E-state index contributed by atoms with van der Waals surface area (Å²) in [6.45, 7) is 4.56. The van der Waals surface area contributed by atoms with Gasteiger partial charge in [0, 0.05) is 0 Å². The Labute approximate surface area is 230 Å². The van der Waals surface area contributed by atoms with Crippen LogP contribution >= 0.6 is 0 Å². The number of hydrogen-bond acceptors (Lipinski definition) is 1. The number of alkyl halides is 21. The van der Waals surface area contributed by atoms with E-state index in [0.29, 0.717) is 0 Å². The molecule has 0 atom stereocenters. The Balaban J connectivity index is 0. The van der Waals surface area contributed by atoms with Gasteiger partial charge in [-0.25, -0.2) is 0 Å². The van der Waals surface area contributed by atoms with Crippen molar-refractivity contribution in [2.45, 2.75) is 132 Å². The largest absolute Gasteiger partial charge is 0.461 e. The van der Waals surface area contributed by atoms with Crippen molar-refractivity contribution in [3.05, 3.63) is 0 Å². The van der Waals surface area contributed by atoms with Crippen molar-refractivity contribution in [3.63, 3.8) is 0 Å². The van der Waals surface area contributed by atoms with E-state index < -0.39 is 59.3 Å². The molecule has 1 nitrogen and oxygen atoms in total. The summed E-state index contributed by atoms with van der Waals surface area (Å²) < 4.78 is 264. The summed E-state index contributed by atoms with van der Waals surface area (Å²) in [6, 6.07) is -26.9. The van der Waals surface area contributed by atoms with Gasteiger partial charge in [0.2, 0.25) is 0 Å². The van der Waals surface area contributed by atoms with Gasteiger partial charge in [-0.1, -0.05) is 78.1 Å². The average molecular weight is 691 g/mol. The lowest BCUT2D eigenvalue weighted by Crippen LogP contribution is -2.78. The predicted molar refractivity (Wildman–Crippen MR) is 107 cm³/mol. The Morgan fingerprint density at radius 3 is 0.605 bits per heavy atom. The summed E-state index contributed by atoms with van der Waals surface area (Å²) in [5, 5.41) is 0. The molecule has 0 spiro atoms. The summed E-state index contributed by atoms with van der Waals surface area (Å²) in [4.78, 5) is -5.46. The monoisotopic (exact) mass is 691 g/mol. The van der Waals surface area contributed by atoms with E-state index in [1.54, 1.807) is 0 Å². The summed E-state index contributed by atoms with van der Waals surface area (Å²) in [5.41, 5.74) is 0. The van der Waals surface area contributed by atoms with Crippen molar-refractivity contribution < 1.29 is 92.2 Å². The molecule has 0 aromatic heterocycles. The fourth-order valence-corrected chi connectivity index (χ4v) is 3.02. The topological polar surface area (TPSA) is 3.24 Å². The van der Waals surface area contributed by atoms with Gasteiger partial charge >= 0.3 is 54.4 Å². The molecule has 262 valence electrons. The van der Waals surface area contributed by atoms with E-state index in [9.17, 15) is 92.2 Å². The maximum Gasteiger partial charge on any atom is 0.461 e. The smallest absolute Gasteiger partial charge is 0.187 e. The number of nitrogens with zero attached hydrogens (tertiary/aromatic N) is 1. The van der Waals surface area contributed by atoms with Crippen LogP contribution in [0.25, 0.3) is 0 Å². The highest BCUT2D eigenvalue weighted by Gasteiger charge is 2.92. The standard InChI is InChI=1S/C12H26.C9F21N/c1-3-5-7-9-11-12-10-8-6-4-2;10-1(11,4(16,17)18)7(25,26)31(8(27,28)2(12,13)5(19,20)21)9(29,30)3(14,15)6(22,23)24/h3-12H2,1-2H3;. The number of rotatable bonds is 15. The molecule has 0 amide bonds.